The van der Waals surface area contributed by atoms with Gasteiger partial charge in [-0.3, -0.25) is 4.79 Å². The Kier molecular flexibility index (Phi) is 2.68. The van der Waals surface area contributed by atoms with Crippen molar-refractivity contribution in [2.24, 2.45) is 0 Å². The molecule has 0 aliphatic heterocycles. The molecule has 0 radical (unpaired) electrons. The molecule has 0 amide bonds. The molecule has 2 heterocycles. The molecule has 18 heavy (non-hydrogen) atoms. The summed E-state index contributed by atoms with van der Waals surface area (Å²) >= 11 is 3.39. The molecule has 0 saturated heterocycles. The van der Waals surface area contributed by atoms with Gasteiger partial charge in [0.2, 0.25) is 0 Å². The van der Waals surface area contributed by atoms with Gasteiger partial charge in [0.25, 0.3) is 0 Å². The number of nitrogens with zero attached hydrogens (tertiary/aromatic N) is 3. The van der Waals surface area contributed by atoms with E-state index in [1.165, 1.54) is 0 Å². The van der Waals surface area contributed by atoms with Gasteiger partial charge in [0.05, 0.1) is 0 Å². The molecule has 88 valence electrons. The Hall–Kier alpha value is -2.01. The van der Waals surface area contributed by atoms with Crippen LogP contribution in [0.1, 0.15) is 10.4 Å². The lowest BCUT2D eigenvalue weighted by atomic mass is 10.2. The van der Waals surface area contributed by atoms with E-state index in [0.717, 1.165) is 22.0 Å². The fraction of sp³-hybridized carbons (Fsp3) is 0. The summed E-state index contributed by atoms with van der Waals surface area (Å²) in [6.07, 6.45) is 2.46. The molecule has 0 aliphatic carbocycles. The van der Waals surface area contributed by atoms with Crippen molar-refractivity contribution in [2.75, 3.05) is 0 Å². The summed E-state index contributed by atoms with van der Waals surface area (Å²) in [4.78, 5) is 15.1. The van der Waals surface area contributed by atoms with Crippen LogP contribution in [0, 0.1) is 0 Å². The van der Waals surface area contributed by atoms with E-state index in [1.54, 1.807) is 22.8 Å². The second-order valence-electron chi connectivity index (χ2n) is 3.83. The summed E-state index contributed by atoms with van der Waals surface area (Å²) < 4.78 is 2.62. The molecule has 3 rings (SSSR count). The average molecular weight is 302 g/mol. The molecule has 1 aromatic carbocycles. The summed E-state index contributed by atoms with van der Waals surface area (Å²) in [5.41, 5.74) is 2.24. The smallest absolute Gasteiger partial charge is 0.182 e. The Labute approximate surface area is 111 Å². The van der Waals surface area contributed by atoms with E-state index in [0.29, 0.717) is 11.4 Å². The van der Waals surface area contributed by atoms with Crippen LogP contribution in [0.15, 0.2) is 47.1 Å². The summed E-state index contributed by atoms with van der Waals surface area (Å²) in [7, 11) is 0. The SMILES string of the molecule is O=Cc1ccc2nc(-c3ccc(Br)cc3)nn2c1. The number of carbonyl (C=O) groups excluding carboxylic acids is 1. The summed E-state index contributed by atoms with van der Waals surface area (Å²) in [6.45, 7) is 0. The van der Waals surface area contributed by atoms with Crippen LogP contribution >= 0.6 is 15.9 Å². The number of aldehydes is 1. The van der Waals surface area contributed by atoms with Crippen LogP contribution in [0.4, 0.5) is 0 Å². The standard InChI is InChI=1S/C13H8BrN3O/c14-11-4-2-10(3-5-11)13-15-12-6-1-9(8-18)7-17(12)16-13/h1-8H. The Morgan fingerprint density at radius 1 is 1.11 bits per heavy atom. The van der Waals surface area contributed by atoms with Crippen LogP contribution < -0.4 is 0 Å². The van der Waals surface area contributed by atoms with Crippen LogP contribution in [0.3, 0.4) is 0 Å². The van der Waals surface area contributed by atoms with Gasteiger partial charge in [0, 0.05) is 21.8 Å². The zero-order valence-corrected chi connectivity index (χ0v) is 10.8. The van der Waals surface area contributed by atoms with Crippen molar-refractivity contribution in [1.82, 2.24) is 14.6 Å². The molecule has 0 saturated carbocycles. The summed E-state index contributed by atoms with van der Waals surface area (Å²) in [5.74, 6) is 0.644. The Morgan fingerprint density at radius 2 is 1.89 bits per heavy atom. The predicted octanol–water partition coefficient (Wildman–Crippen LogP) is 2.97. The van der Waals surface area contributed by atoms with Gasteiger partial charge in [0.15, 0.2) is 17.8 Å². The molecule has 0 atom stereocenters. The van der Waals surface area contributed by atoms with Crippen LogP contribution in [-0.2, 0) is 0 Å². The maximum atomic E-state index is 10.7. The topological polar surface area (TPSA) is 47.3 Å². The normalized spacial score (nSPS) is 10.7. The van der Waals surface area contributed by atoms with Crippen LogP contribution in [0.5, 0.6) is 0 Å². The van der Waals surface area contributed by atoms with Crippen molar-refractivity contribution >= 4 is 27.9 Å². The third-order valence-electron chi connectivity index (χ3n) is 2.59. The number of fused-ring (bicyclic) bond motifs is 1. The van der Waals surface area contributed by atoms with Gasteiger partial charge in [-0.25, -0.2) is 9.50 Å². The van der Waals surface area contributed by atoms with E-state index in [-0.39, 0.29) is 0 Å². The van der Waals surface area contributed by atoms with E-state index in [9.17, 15) is 4.79 Å². The molecule has 0 N–H and O–H groups in total. The number of pyridine rings is 1. The van der Waals surface area contributed by atoms with Crippen molar-refractivity contribution in [2.45, 2.75) is 0 Å². The maximum Gasteiger partial charge on any atom is 0.182 e. The van der Waals surface area contributed by atoms with E-state index in [1.807, 2.05) is 24.3 Å². The molecule has 3 aromatic rings. The molecule has 0 unspecified atom stereocenters. The number of hydrogen-bond acceptors (Lipinski definition) is 3. The number of rotatable bonds is 2. The highest BCUT2D eigenvalue weighted by molar-refractivity contribution is 9.10. The fourth-order valence-corrected chi connectivity index (χ4v) is 1.95. The average Bonchev–Trinajstić information content (AvgIpc) is 2.82. The Balaban J connectivity index is 2.12. The van der Waals surface area contributed by atoms with E-state index in [2.05, 4.69) is 26.0 Å². The first kappa shape index (κ1) is 11.1. The van der Waals surface area contributed by atoms with Crippen LogP contribution in [0.25, 0.3) is 17.0 Å². The summed E-state index contributed by atoms with van der Waals surface area (Å²) in [5, 5.41) is 4.35. The Bertz CT molecular complexity index is 719. The van der Waals surface area contributed by atoms with Crippen molar-refractivity contribution < 1.29 is 4.79 Å². The second kappa shape index (κ2) is 4.34. The largest absolute Gasteiger partial charge is 0.298 e. The van der Waals surface area contributed by atoms with Crippen molar-refractivity contribution in [3.63, 3.8) is 0 Å². The number of halogens is 1. The number of benzene rings is 1. The Morgan fingerprint density at radius 3 is 2.61 bits per heavy atom. The first-order valence-corrected chi connectivity index (χ1v) is 6.13. The molecule has 2 aromatic heterocycles. The van der Waals surface area contributed by atoms with E-state index >= 15 is 0 Å². The minimum Gasteiger partial charge on any atom is -0.298 e. The molecular formula is C13H8BrN3O. The number of hydrogen-bond donors (Lipinski definition) is 0. The highest BCUT2D eigenvalue weighted by Gasteiger charge is 2.06. The van der Waals surface area contributed by atoms with Gasteiger partial charge in [-0.05, 0) is 24.3 Å². The third kappa shape index (κ3) is 1.93. The van der Waals surface area contributed by atoms with Crippen molar-refractivity contribution in [3.8, 4) is 11.4 Å². The lowest BCUT2D eigenvalue weighted by Gasteiger charge is -1.94. The molecule has 0 spiro atoms. The monoisotopic (exact) mass is 301 g/mol. The van der Waals surface area contributed by atoms with Gasteiger partial charge >= 0.3 is 0 Å². The number of aromatic nitrogens is 3. The first-order valence-electron chi connectivity index (χ1n) is 5.34. The zero-order chi connectivity index (χ0) is 12.5. The predicted molar refractivity (Wildman–Crippen MR) is 71.5 cm³/mol. The molecule has 0 fully saturated rings. The molecule has 5 heteroatoms. The molecule has 0 aliphatic rings. The molecule has 4 nitrogen and oxygen atoms in total. The lowest BCUT2D eigenvalue weighted by molar-refractivity contribution is 0.112. The molecule has 0 bridgehead atoms. The quantitative estimate of drug-likeness (QED) is 0.684. The molecular weight excluding hydrogens is 294 g/mol. The zero-order valence-electron chi connectivity index (χ0n) is 9.25. The highest BCUT2D eigenvalue weighted by Crippen LogP contribution is 2.19. The number of carbonyl (C=O) groups is 1. The third-order valence-corrected chi connectivity index (χ3v) is 3.12. The summed E-state index contributed by atoms with van der Waals surface area (Å²) in [6, 6.07) is 11.3. The van der Waals surface area contributed by atoms with Crippen molar-refractivity contribution in [1.29, 1.82) is 0 Å². The first-order chi connectivity index (χ1) is 8.76. The van der Waals surface area contributed by atoms with Gasteiger partial charge < -0.3 is 0 Å². The fourth-order valence-electron chi connectivity index (χ4n) is 1.69. The van der Waals surface area contributed by atoms with Crippen LogP contribution in [0.2, 0.25) is 0 Å². The second-order valence-corrected chi connectivity index (χ2v) is 4.74. The van der Waals surface area contributed by atoms with Gasteiger partial charge in [-0.2, -0.15) is 0 Å². The van der Waals surface area contributed by atoms with Gasteiger partial charge in [0.1, 0.15) is 0 Å². The van der Waals surface area contributed by atoms with Crippen LogP contribution in [-0.4, -0.2) is 20.9 Å². The lowest BCUT2D eigenvalue weighted by Crippen LogP contribution is -1.90. The van der Waals surface area contributed by atoms with Gasteiger partial charge in [-0.1, -0.05) is 28.1 Å². The van der Waals surface area contributed by atoms with E-state index in [4.69, 9.17) is 0 Å². The van der Waals surface area contributed by atoms with Crippen molar-refractivity contribution in [3.05, 3.63) is 52.6 Å². The van der Waals surface area contributed by atoms with Gasteiger partial charge in [-0.15, -0.1) is 5.10 Å². The maximum absolute atomic E-state index is 10.7. The van der Waals surface area contributed by atoms with E-state index < -0.39 is 0 Å². The minimum atomic E-state index is 0.578. The minimum absolute atomic E-state index is 0.578. The highest BCUT2D eigenvalue weighted by atomic mass is 79.9.